The third kappa shape index (κ3) is 3.97. The highest BCUT2D eigenvalue weighted by atomic mass is 35.5. The molecule has 0 N–H and O–H groups in total. The lowest BCUT2D eigenvalue weighted by Gasteiger charge is -2.32. The van der Waals surface area contributed by atoms with Gasteiger partial charge in [0.1, 0.15) is 0 Å². The molecule has 1 unspecified atom stereocenters. The summed E-state index contributed by atoms with van der Waals surface area (Å²) < 4.78 is 6.44. The average molecular weight is 319 g/mol. The zero-order valence-electron chi connectivity index (χ0n) is 12.5. The largest absolute Gasteiger partial charge is 0.410 e. The molecule has 0 heterocycles. The van der Waals surface area contributed by atoms with Crippen molar-refractivity contribution in [3.05, 3.63) is 33.3 Å². The van der Waals surface area contributed by atoms with Gasteiger partial charge in [0.15, 0.2) is 8.32 Å². The van der Waals surface area contributed by atoms with Crippen molar-refractivity contribution in [1.82, 2.24) is 0 Å². The Bertz CT molecular complexity index is 399. The monoisotopic (exact) mass is 318 g/mol. The van der Waals surface area contributed by atoms with Crippen molar-refractivity contribution in [1.29, 1.82) is 0 Å². The maximum atomic E-state index is 6.44. The van der Waals surface area contributed by atoms with Crippen LogP contribution >= 0.6 is 23.2 Å². The molecule has 1 atom stereocenters. The van der Waals surface area contributed by atoms with E-state index in [1.54, 1.807) is 0 Å². The van der Waals surface area contributed by atoms with Gasteiger partial charge in [0, 0.05) is 15.6 Å². The highest BCUT2D eigenvalue weighted by Gasteiger charge is 2.32. The van der Waals surface area contributed by atoms with Crippen molar-refractivity contribution in [2.75, 3.05) is 0 Å². The Morgan fingerprint density at radius 1 is 1.05 bits per heavy atom. The van der Waals surface area contributed by atoms with E-state index in [1.165, 1.54) is 0 Å². The Morgan fingerprint density at radius 2 is 1.47 bits per heavy atom. The summed E-state index contributed by atoms with van der Waals surface area (Å²) in [6, 6.07) is 7.30. The maximum absolute atomic E-state index is 6.44. The fraction of sp³-hybridized carbons (Fsp3) is 0.600. The van der Waals surface area contributed by atoms with E-state index >= 15 is 0 Å². The van der Waals surface area contributed by atoms with Crippen molar-refractivity contribution in [3.63, 3.8) is 0 Å². The van der Waals surface area contributed by atoms with Crippen molar-refractivity contribution < 1.29 is 4.43 Å². The predicted octanol–water partition coefficient (Wildman–Crippen LogP) is 6.38. The first-order valence-corrected chi connectivity index (χ1v) is 10.3. The second-order valence-electron chi connectivity index (χ2n) is 5.15. The van der Waals surface area contributed by atoms with Gasteiger partial charge >= 0.3 is 0 Å². The molecule has 4 heteroatoms. The molecule has 0 aliphatic heterocycles. The highest BCUT2D eigenvalue weighted by molar-refractivity contribution is 6.73. The van der Waals surface area contributed by atoms with Gasteiger partial charge in [0.2, 0.25) is 0 Å². The lowest BCUT2D eigenvalue weighted by Crippen LogP contribution is -2.36. The van der Waals surface area contributed by atoms with Crippen LogP contribution in [0, 0.1) is 6.92 Å². The van der Waals surface area contributed by atoms with E-state index in [2.05, 4.69) is 27.7 Å². The van der Waals surface area contributed by atoms with Gasteiger partial charge in [-0.15, -0.1) is 0 Å². The summed E-state index contributed by atoms with van der Waals surface area (Å²) >= 11 is 12.7. The van der Waals surface area contributed by atoms with Gasteiger partial charge in [-0.2, -0.15) is 0 Å². The zero-order valence-corrected chi connectivity index (χ0v) is 15.0. The minimum Gasteiger partial charge on any atom is -0.410 e. The van der Waals surface area contributed by atoms with E-state index in [0.717, 1.165) is 29.3 Å². The van der Waals surface area contributed by atoms with Crippen LogP contribution in [-0.4, -0.2) is 8.32 Å². The van der Waals surface area contributed by atoms with Gasteiger partial charge in [-0.1, -0.05) is 44.0 Å². The number of hydrogen-bond donors (Lipinski definition) is 0. The van der Waals surface area contributed by atoms with E-state index in [0.29, 0.717) is 10.0 Å². The van der Waals surface area contributed by atoms with E-state index in [4.69, 9.17) is 27.6 Å². The van der Waals surface area contributed by atoms with E-state index in [9.17, 15) is 0 Å². The molecule has 0 aliphatic rings. The summed E-state index contributed by atoms with van der Waals surface area (Å²) in [7, 11) is -1.64. The van der Waals surface area contributed by atoms with Crippen LogP contribution in [0.3, 0.4) is 0 Å². The van der Waals surface area contributed by atoms with Crippen molar-refractivity contribution in [3.8, 4) is 0 Å². The van der Waals surface area contributed by atoms with Gasteiger partial charge < -0.3 is 4.43 Å². The molecule has 0 aromatic heterocycles. The molecule has 0 saturated carbocycles. The number of aryl methyl sites for hydroxylation is 1. The fourth-order valence-electron chi connectivity index (χ4n) is 2.53. The summed E-state index contributed by atoms with van der Waals surface area (Å²) in [5.74, 6) is 0. The SMILES string of the molecule is CC[Si](CC)(CC)OC(C)c1c(Cl)cc(C)cc1Cl. The molecule has 1 nitrogen and oxygen atoms in total. The first-order chi connectivity index (χ1) is 8.89. The molecule has 0 radical (unpaired) electrons. The highest BCUT2D eigenvalue weighted by Crippen LogP contribution is 2.37. The Morgan fingerprint density at radius 3 is 1.84 bits per heavy atom. The molecule has 1 aromatic carbocycles. The summed E-state index contributed by atoms with van der Waals surface area (Å²) in [5.41, 5.74) is 2.01. The third-order valence-electron chi connectivity index (χ3n) is 3.99. The average Bonchev–Trinajstić information content (AvgIpc) is 2.35. The van der Waals surface area contributed by atoms with Gasteiger partial charge in [0.25, 0.3) is 0 Å². The molecule has 1 aromatic rings. The van der Waals surface area contributed by atoms with Crippen molar-refractivity contribution in [2.45, 2.75) is 58.9 Å². The second-order valence-corrected chi connectivity index (χ2v) is 10.7. The van der Waals surface area contributed by atoms with Crippen molar-refractivity contribution in [2.24, 2.45) is 0 Å². The second kappa shape index (κ2) is 7.12. The van der Waals surface area contributed by atoms with Gasteiger partial charge in [-0.05, 0) is 49.7 Å². The normalized spacial score (nSPS) is 13.6. The number of hydrogen-bond acceptors (Lipinski definition) is 1. The summed E-state index contributed by atoms with van der Waals surface area (Å²) in [6.45, 7) is 10.7. The Labute approximate surface area is 128 Å². The van der Waals surface area contributed by atoms with Crippen LogP contribution < -0.4 is 0 Å². The standard InChI is InChI=1S/C15H24Cl2OSi/c1-6-19(7-2,8-3)18-12(5)15-13(16)9-11(4)10-14(15)17/h9-10,12H,6-8H2,1-5H3. The molecular weight excluding hydrogens is 295 g/mol. The number of benzene rings is 1. The molecule has 0 amide bonds. The Hall–Kier alpha value is -0.0231. The Kier molecular flexibility index (Phi) is 6.38. The van der Waals surface area contributed by atoms with Gasteiger partial charge in [-0.3, -0.25) is 0 Å². The maximum Gasteiger partial charge on any atom is 0.192 e. The topological polar surface area (TPSA) is 9.23 Å². The van der Waals surface area contributed by atoms with E-state index in [1.807, 2.05) is 19.1 Å². The van der Waals surface area contributed by atoms with Crippen LogP contribution in [0.5, 0.6) is 0 Å². The van der Waals surface area contributed by atoms with Crippen LogP contribution in [0.15, 0.2) is 12.1 Å². The first kappa shape index (κ1) is 17.0. The smallest absolute Gasteiger partial charge is 0.192 e. The van der Waals surface area contributed by atoms with Crippen LogP contribution in [-0.2, 0) is 4.43 Å². The molecule has 19 heavy (non-hydrogen) atoms. The minimum absolute atomic E-state index is 0.0351. The third-order valence-corrected chi connectivity index (χ3v) is 9.33. The molecule has 0 aliphatic carbocycles. The van der Waals surface area contributed by atoms with Crippen LogP contribution in [0.2, 0.25) is 28.2 Å². The predicted molar refractivity (Wildman–Crippen MR) is 87.9 cm³/mol. The molecule has 0 spiro atoms. The van der Waals surface area contributed by atoms with E-state index in [-0.39, 0.29) is 6.10 Å². The molecule has 108 valence electrons. The van der Waals surface area contributed by atoms with Crippen LogP contribution in [0.25, 0.3) is 0 Å². The molecule has 1 rings (SSSR count). The molecule has 0 fully saturated rings. The van der Waals surface area contributed by atoms with Crippen molar-refractivity contribution >= 4 is 31.5 Å². The Balaban J connectivity index is 3.04. The summed E-state index contributed by atoms with van der Waals surface area (Å²) in [5, 5.41) is 1.42. The zero-order chi connectivity index (χ0) is 14.6. The van der Waals surface area contributed by atoms with Gasteiger partial charge in [-0.25, -0.2) is 0 Å². The fourth-order valence-corrected chi connectivity index (χ4v) is 6.30. The summed E-state index contributed by atoms with van der Waals surface area (Å²) in [4.78, 5) is 0. The summed E-state index contributed by atoms with van der Waals surface area (Å²) in [6.07, 6.45) is -0.0351. The number of rotatable bonds is 6. The van der Waals surface area contributed by atoms with Crippen LogP contribution in [0.4, 0.5) is 0 Å². The molecule has 0 saturated heterocycles. The lowest BCUT2D eigenvalue weighted by molar-refractivity contribution is 0.210. The van der Waals surface area contributed by atoms with Gasteiger partial charge in [0.05, 0.1) is 6.10 Å². The number of halogens is 2. The van der Waals surface area contributed by atoms with Crippen LogP contribution in [0.1, 0.15) is 44.9 Å². The molecule has 0 bridgehead atoms. The molecular formula is C15H24Cl2OSi. The first-order valence-electron chi connectivity index (χ1n) is 7.02. The minimum atomic E-state index is -1.64. The quantitative estimate of drug-likeness (QED) is 0.552. The van der Waals surface area contributed by atoms with E-state index < -0.39 is 8.32 Å². The lowest BCUT2D eigenvalue weighted by atomic mass is 10.1.